The zero-order valence-electron chi connectivity index (χ0n) is 12.6. The van der Waals surface area contributed by atoms with Gasteiger partial charge in [-0.3, -0.25) is 14.9 Å². The highest BCUT2D eigenvalue weighted by atomic mass is 16.2. The monoisotopic (exact) mass is 281 g/mol. The summed E-state index contributed by atoms with van der Waals surface area (Å²) in [6, 6.07) is -0.465. The Kier molecular flexibility index (Phi) is 3.52. The topological polar surface area (TPSA) is 78.5 Å². The molecule has 0 aromatic heterocycles. The molecular weight excluding hydrogens is 258 g/mol. The first-order chi connectivity index (χ1) is 9.14. The molecule has 2 saturated heterocycles. The van der Waals surface area contributed by atoms with E-state index in [1.54, 1.807) is 4.90 Å². The quantitative estimate of drug-likeness (QED) is 0.737. The standard InChI is InChI=1S/C14H23N3O3/c1-9(13(2,3)4)7-10(18)17-6-5-14(8-17)11(19)15-12(20)16-14/h9H,5-8H2,1-4H3,(H2,15,16,19,20)/t9-,14-/m1/s1. The van der Waals surface area contributed by atoms with Gasteiger partial charge < -0.3 is 10.2 Å². The Morgan fingerprint density at radius 2 is 2.05 bits per heavy atom. The van der Waals surface area contributed by atoms with Crippen molar-refractivity contribution in [2.24, 2.45) is 11.3 Å². The number of hydrogen-bond acceptors (Lipinski definition) is 3. The molecular formula is C14H23N3O3. The maximum Gasteiger partial charge on any atom is 0.322 e. The number of nitrogens with zero attached hydrogens (tertiary/aromatic N) is 1. The van der Waals surface area contributed by atoms with Crippen molar-refractivity contribution in [2.75, 3.05) is 13.1 Å². The SMILES string of the molecule is C[C@H](CC(=O)N1CC[C@]2(C1)NC(=O)NC2=O)C(C)(C)C. The number of rotatable bonds is 2. The maximum atomic E-state index is 12.3. The summed E-state index contributed by atoms with van der Waals surface area (Å²) in [6.07, 6.45) is 0.954. The van der Waals surface area contributed by atoms with Crippen LogP contribution in [0.5, 0.6) is 0 Å². The van der Waals surface area contributed by atoms with Crippen molar-refractivity contribution in [3.8, 4) is 0 Å². The van der Waals surface area contributed by atoms with Crippen LogP contribution < -0.4 is 10.6 Å². The van der Waals surface area contributed by atoms with Crippen molar-refractivity contribution in [1.82, 2.24) is 15.5 Å². The molecule has 6 heteroatoms. The van der Waals surface area contributed by atoms with Crippen molar-refractivity contribution in [3.63, 3.8) is 0 Å². The zero-order valence-corrected chi connectivity index (χ0v) is 12.6. The van der Waals surface area contributed by atoms with Gasteiger partial charge in [-0.2, -0.15) is 0 Å². The lowest BCUT2D eigenvalue weighted by Gasteiger charge is -2.29. The van der Waals surface area contributed by atoms with Crippen LogP contribution in [0.4, 0.5) is 4.79 Å². The van der Waals surface area contributed by atoms with Crippen LogP contribution in [-0.2, 0) is 9.59 Å². The van der Waals surface area contributed by atoms with Gasteiger partial charge in [0.1, 0.15) is 5.54 Å². The molecule has 2 rings (SSSR count). The van der Waals surface area contributed by atoms with Gasteiger partial charge in [0.25, 0.3) is 5.91 Å². The van der Waals surface area contributed by atoms with E-state index < -0.39 is 11.6 Å². The second-order valence-corrected chi connectivity index (χ2v) is 7.03. The molecule has 2 heterocycles. The van der Waals surface area contributed by atoms with E-state index in [2.05, 4.69) is 38.3 Å². The Morgan fingerprint density at radius 1 is 1.40 bits per heavy atom. The van der Waals surface area contributed by atoms with Crippen molar-refractivity contribution >= 4 is 17.8 Å². The molecule has 0 unspecified atom stereocenters. The first kappa shape index (κ1) is 14.8. The van der Waals surface area contributed by atoms with Crippen LogP contribution in [0.1, 0.15) is 40.5 Å². The Bertz CT molecular complexity index is 455. The Balaban J connectivity index is 1.98. The Labute approximate surface area is 119 Å². The molecule has 2 aliphatic rings. The first-order valence-corrected chi connectivity index (χ1v) is 7.05. The summed E-state index contributed by atoms with van der Waals surface area (Å²) in [5.41, 5.74) is -0.830. The van der Waals surface area contributed by atoms with E-state index in [4.69, 9.17) is 0 Å². The minimum atomic E-state index is -0.905. The average molecular weight is 281 g/mol. The third-order valence-electron chi connectivity index (χ3n) is 4.60. The van der Waals surface area contributed by atoms with Crippen LogP contribution in [0.15, 0.2) is 0 Å². The van der Waals surface area contributed by atoms with Gasteiger partial charge in [-0.1, -0.05) is 27.7 Å². The van der Waals surface area contributed by atoms with E-state index in [0.29, 0.717) is 19.4 Å². The fourth-order valence-electron chi connectivity index (χ4n) is 2.54. The molecule has 4 amide bonds. The van der Waals surface area contributed by atoms with E-state index >= 15 is 0 Å². The van der Waals surface area contributed by atoms with Crippen molar-refractivity contribution < 1.29 is 14.4 Å². The summed E-state index contributed by atoms with van der Waals surface area (Å²) >= 11 is 0. The number of likely N-dealkylation sites (tertiary alicyclic amines) is 1. The van der Waals surface area contributed by atoms with E-state index in [1.807, 2.05) is 0 Å². The molecule has 0 bridgehead atoms. The third kappa shape index (κ3) is 2.64. The van der Waals surface area contributed by atoms with E-state index in [1.165, 1.54) is 0 Å². The molecule has 0 aliphatic carbocycles. The molecule has 0 aromatic rings. The molecule has 2 N–H and O–H groups in total. The molecule has 1 spiro atoms. The van der Waals surface area contributed by atoms with Gasteiger partial charge in [0.05, 0.1) is 6.54 Å². The number of carbonyl (C=O) groups excluding carboxylic acids is 3. The van der Waals surface area contributed by atoms with Gasteiger partial charge in [0.15, 0.2) is 0 Å². The van der Waals surface area contributed by atoms with Crippen LogP contribution in [0.25, 0.3) is 0 Å². The summed E-state index contributed by atoms with van der Waals surface area (Å²) in [6.45, 7) is 9.20. The Morgan fingerprint density at radius 3 is 2.55 bits per heavy atom. The lowest BCUT2D eigenvalue weighted by molar-refractivity contribution is -0.132. The van der Waals surface area contributed by atoms with Gasteiger partial charge in [0, 0.05) is 13.0 Å². The van der Waals surface area contributed by atoms with Gasteiger partial charge in [0.2, 0.25) is 5.91 Å². The highest BCUT2D eigenvalue weighted by Crippen LogP contribution is 2.30. The summed E-state index contributed by atoms with van der Waals surface area (Å²) in [4.78, 5) is 37.1. The minimum Gasteiger partial charge on any atom is -0.340 e. The molecule has 6 nitrogen and oxygen atoms in total. The first-order valence-electron chi connectivity index (χ1n) is 7.05. The number of imide groups is 1. The van der Waals surface area contributed by atoms with E-state index in [0.717, 1.165) is 0 Å². The summed E-state index contributed by atoms with van der Waals surface area (Å²) in [5, 5.41) is 4.90. The van der Waals surface area contributed by atoms with E-state index in [9.17, 15) is 14.4 Å². The molecule has 2 aliphatic heterocycles. The normalized spacial score (nSPS) is 27.7. The number of nitrogens with one attached hydrogen (secondary N) is 2. The maximum absolute atomic E-state index is 12.3. The largest absolute Gasteiger partial charge is 0.340 e. The molecule has 0 radical (unpaired) electrons. The Hall–Kier alpha value is -1.59. The second kappa shape index (κ2) is 4.75. The van der Waals surface area contributed by atoms with Crippen LogP contribution in [0.3, 0.4) is 0 Å². The number of carbonyl (C=O) groups is 3. The van der Waals surface area contributed by atoms with Gasteiger partial charge >= 0.3 is 6.03 Å². The molecule has 2 fully saturated rings. The van der Waals surface area contributed by atoms with Crippen LogP contribution >= 0.6 is 0 Å². The predicted molar refractivity (Wildman–Crippen MR) is 73.8 cm³/mol. The summed E-state index contributed by atoms with van der Waals surface area (Å²) < 4.78 is 0. The third-order valence-corrected chi connectivity index (χ3v) is 4.60. The highest BCUT2D eigenvalue weighted by Gasteiger charge is 2.51. The van der Waals surface area contributed by atoms with Crippen molar-refractivity contribution in [1.29, 1.82) is 0 Å². The van der Waals surface area contributed by atoms with Gasteiger partial charge in [-0.05, 0) is 17.8 Å². The number of hydrogen-bond donors (Lipinski definition) is 2. The van der Waals surface area contributed by atoms with Gasteiger partial charge in [-0.15, -0.1) is 0 Å². The smallest absolute Gasteiger partial charge is 0.322 e. The molecule has 0 saturated carbocycles. The average Bonchev–Trinajstić information content (AvgIpc) is 2.83. The number of urea groups is 1. The molecule has 112 valence electrons. The zero-order chi connectivity index (χ0) is 15.1. The van der Waals surface area contributed by atoms with Crippen LogP contribution in [-0.4, -0.2) is 41.4 Å². The van der Waals surface area contributed by atoms with Crippen LogP contribution in [0.2, 0.25) is 0 Å². The fourth-order valence-corrected chi connectivity index (χ4v) is 2.54. The predicted octanol–water partition coefficient (Wildman–Crippen LogP) is 0.869. The molecule has 2 atom stereocenters. The molecule has 20 heavy (non-hydrogen) atoms. The van der Waals surface area contributed by atoms with Crippen molar-refractivity contribution in [2.45, 2.75) is 46.1 Å². The summed E-state index contributed by atoms with van der Waals surface area (Å²) in [5.74, 6) is -0.00142. The van der Waals surface area contributed by atoms with E-state index in [-0.39, 0.29) is 29.7 Å². The summed E-state index contributed by atoms with van der Waals surface area (Å²) in [7, 11) is 0. The highest BCUT2D eigenvalue weighted by molar-refractivity contribution is 6.07. The minimum absolute atomic E-state index is 0.0539. The molecule has 0 aromatic carbocycles. The van der Waals surface area contributed by atoms with Crippen molar-refractivity contribution in [3.05, 3.63) is 0 Å². The number of amides is 4. The fraction of sp³-hybridized carbons (Fsp3) is 0.786. The lowest BCUT2D eigenvalue weighted by Crippen LogP contribution is -2.49. The lowest BCUT2D eigenvalue weighted by atomic mass is 9.80. The van der Waals surface area contributed by atoms with Crippen LogP contribution in [0, 0.1) is 11.3 Å². The second-order valence-electron chi connectivity index (χ2n) is 7.03. The van der Waals surface area contributed by atoms with Gasteiger partial charge in [-0.25, -0.2) is 4.79 Å².